The van der Waals surface area contributed by atoms with Crippen LogP contribution in [0.1, 0.15) is 71.1 Å². The Hall–Kier alpha value is 0.430. The Morgan fingerprint density at radius 2 is 1.33 bits per heavy atom. The molecule has 0 radical (unpaired) electrons. The minimum atomic E-state index is -0.513. The summed E-state index contributed by atoms with van der Waals surface area (Å²) < 4.78 is 4.77. The molecule has 0 rings (SSSR count). The molecule has 0 aromatic heterocycles. The van der Waals surface area contributed by atoms with Gasteiger partial charge in [0.2, 0.25) is 0 Å². The number of hydrogen-bond donors (Lipinski definition) is 1. The SMILES string of the molecule is CCCCCCCCCCCCOC(=O)CO.[Na+]. The second-order valence-electron chi connectivity index (χ2n) is 4.56. The molecule has 0 unspecified atom stereocenters. The second-order valence-corrected chi connectivity index (χ2v) is 4.56. The van der Waals surface area contributed by atoms with Crippen LogP contribution in [0.5, 0.6) is 0 Å². The number of hydrogen-bond acceptors (Lipinski definition) is 3. The van der Waals surface area contributed by atoms with E-state index in [0.717, 1.165) is 12.8 Å². The van der Waals surface area contributed by atoms with Gasteiger partial charge in [-0.2, -0.15) is 0 Å². The van der Waals surface area contributed by atoms with E-state index in [-0.39, 0.29) is 29.6 Å². The Morgan fingerprint density at radius 3 is 1.78 bits per heavy atom. The van der Waals surface area contributed by atoms with Gasteiger partial charge in [-0.3, -0.25) is 0 Å². The van der Waals surface area contributed by atoms with Crippen LogP contribution in [0.4, 0.5) is 0 Å². The number of unbranched alkanes of at least 4 members (excludes halogenated alkanes) is 9. The van der Waals surface area contributed by atoms with Crippen molar-refractivity contribution < 1.29 is 44.2 Å². The molecule has 0 spiro atoms. The van der Waals surface area contributed by atoms with E-state index in [1.54, 1.807) is 0 Å². The molecule has 0 heterocycles. The normalized spacial score (nSPS) is 9.89. The molecule has 0 aliphatic carbocycles. The van der Waals surface area contributed by atoms with Crippen molar-refractivity contribution in [1.82, 2.24) is 0 Å². The molecule has 18 heavy (non-hydrogen) atoms. The fraction of sp³-hybridized carbons (Fsp3) is 0.929. The summed E-state index contributed by atoms with van der Waals surface area (Å²) in [5.74, 6) is -0.513. The number of esters is 1. The Labute approximate surface area is 134 Å². The third-order valence-electron chi connectivity index (χ3n) is 2.89. The van der Waals surface area contributed by atoms with Gasteiger partial charge in [0.15, 0.2) is 0 Å². The van der Waals surface area contributed by atoms with E-state index >= 15 is 0 Å². The van der Waals surface area contributed by atoms with Crippen LogP contribution in [-0.4, -0.2) is 24.3 Å². The maximum atomic E-state index is 10.6. The van der Waals surface area contributed by atoms with Crippen LogP contribution in [0.25, 0.3) is 0 Å². The fourth-order valence-corrected chi connectivity index (χ4v) is 1.82. The molecule has 0 bridgehead atoms. The van der Waals surface area contributed by atoms with Crippen molar-refractivity contribution in [3.05, 3.63) is 0 Å². The Morgan fingerprint density at radius 1 is 0.889 bits per heavy atom. The summed E-state index contributed by atoms with van der Waals surface area (Å²) in [5, 5.41) is 8.42. The predicted octanol–water partition coefficient (Wildman–Crippen LogP) is 0.447. The van der Waals surface area contributed by atoms with Crippen LogP contribution >= 0.6 is 0 Å². The fourth-order valence-electron chi connectivity index (χ4n) is 1.82. The summed E-state index contributed by atoms with van der Waals surface area (Å²) in [5.41, 5.74) is 0. The first kappa shape index (κ1) is 20.7. The number of ether oxygens (including phenoxy) is 1. The van der Waals surface area contributed by atoms with Crippen LogP contribution in [0, 0.1) is 0 Å². The quantitative estimate of drug-likeness (QED) is 0.317. The summed E-state index contributed by atoms with van der Waals surface area (Å²) in [6.45, 7) is 2.19. The van der Waals surface area contributed by atoms with Gasteiger partial charge in [0.25, 0.3) is 0 Å². The van der Waals surface area contributed by atoms with Crippen molar-refractivity contribution in [3.63, 3.8) is 0 Å². The zero-order chi connectivity index (χ0) is 12.8. The first-order valence-electron chi connectivity index (χ1n) is 7.07. The number of carbonyl (C=O) groups is 1. The number of aliphatic hydroxyl groups is 1. The third kappa shape index (κ3) is 16.4. The zero-order valence-corrected chi connectivity index (χ0v) is 14.2. The third-order valence-corrected chi connectivity index (χ3v) is 2.89. The summed E-state index contributed by atoms with van der Waals surface area (Å²) in [6.07, 6.45) is 12.7. The standard InChI is InChI=1S/C14H28O3.Na/c1-2-3-4-5-6-7-8-9-10-11-12-17-14(16)13-15;/h15H,2-13H2,1H3;/q;+1. The molecule has 0 aromatic carbocycles. The number of rotatable bonds is 12. The molecule has 0 atom stereocenters. The monoisotopic (exact) mass is 267 g/mol. The first-order chi connectivity index (χ1) is 8.31. The minimum Gasteiger partial charge on any atom is -0.464 e. The largest absolute Gasteiger partial charge is 1.00 e. The van der Waals surface area contributed by atoms with E-state index in [1.165, 1.54) is 51.4 Å². The first-order valence-corrected chi connectivity index (χ1v) is 7.07. The van der Waals surface area contributed by atoms with Gasteiger partial charge in [0.05, 0.1) is 6.61 Å². The van der Waals surface area contributed by atoms with Crippen LogP contribution in [0.3, 0.4) is 0 Å². The van der Waals surface area contributed by atoms with Crippen LogP contribution < -0.4 is 29.6 Å². The van der Waals surface area contributed by atoms with Gasteiger partial charge in [-0.15, -0.1) is 0 Å². The van der Waals surface area contributed by atoms with Gasteiger partial charge in [-0.05, 0) is 6.42 Å². The molecular formula is C14H28NaO3+. The maximum absolute atomic E-state index is 10.6. The van der Waals surface area contributed by atoms with E-state index in [9.17, 15) is 4.79 Å². The second kappa shape index (κ2) is 17.4. The summed E-state index contributed by atoms with van der Waals surface area (Å²) in [6, 6.07) is 0. The van der Waals surface area contributed by atoms with E-state index < -0.39 is 12.6 Å². The Bertz CT molecular complexity index is 174. The molecule has 0 fully saturated rings. The molecule has 1 N–H and O–H groups in total. The van der Waals surface area contributed by atoms with Crippen molar-refractivity contribution in [2.24, 2.45) is 0 Å². The molecule has 102 valence electrons. The molecule has 3 nitrogen and oxygen atoms in total. The molecule has 0 saturated heterocycles. The predicted molar refractivity (Wildman–Crippen MR) is 69.9 cm³/mol. The van der Waals surface area contributed by atoms with E-state index in [4.69, 9.17) is 9.84 Å². The minimum absolute atomic E-state index is 0. The van der Waals surface area contributed by atoms with Gasteiger partial charge in [0, 0.05) is 0 Å². The zero-order valence-electron chi connectivity index (χ0n) is 12.2. The topological polar surface area (TPSA) is 46.5 Å². The average Bonchev–Trinajstić information content (AvgIpc) is 2.35. The Balaban J connectivity index is 0. The van der Waals surface area contributed by atoms with Gasteiger partial charge in [0.1, 0.15) is 6.61 Å². The molecule has 0 saturated carbocycles. The van der Waals surface area contributed by atoms with Gasteiger partial charge in [-0.1, -0.05) is 64.7 Å². The number of carbonyl (C=O) groups excluding carboxylic acids is 1. The van der Waals surface area contributed by atoms with Crippen LogP contribution in [0.2, 0.25) is 0 Å². The summed E-state index contributed by atoms with van der Waals surface area (Å²) >= 11 is 0. The van der Waals surface area contributed by atoms with Gasteiger partial charge < -0.3 is 9.84 Å². The molecule has 0 aliphatic rings. The summed E-state index contributed by atoms with van der Waals surface area (Å²) in [4.78, 5) is 10.6. The molecular weight excluding hydrogens is 239 g/mol. The van der Waals surface area contributed by atoms with Gasteiger partial charge in [-0.25, -0.2) is 4.79 Å². The number of aliphatic hydroxyl groups excluding tert-OH is 1. The molecule has 0 amide bonds. The van der Waals surface area contributed by atoms with E-state index in [0.29, 0.717) is 6.61 Å². The Kier molecular flexibility index (Phi) is 20.1. The molecule has 0 aromatic rings. The van der Waals surface area contributed by atoms with Crippen molar-refractivity contribution in [3.8, 4) is 0 Å². The smallest absolute Gasteiger partial charge is 0.464 e. The molecule has 0 aliphatic heterocycles. The van der Waals surface area contributed by atoms with Crippen molar-refractivity contribution >= 4 is 5.97 Å². The summed E-state index contributed by atoms with van der Waals surface area (Å²) in [7, 11) is 0. The van der Waals surface area contributed by atoms with Gasteiger partial charge >= 0.3 is 35.5 Å². The maximum Gasteiger partial charge on any atom is 1.00 e. The average molecular weight is 267 g/mol. The van der Waals surface area contributed by atoms with Crippen LogP contribution in [-0.2, 0) is 9.53 Å². The molecule has 4 heteroatoms. The van der Waals surface area contributed by atoms with E-state index in [2.05, 4.69) is 6.92 Å². The van der Waals surface area contributed by atoms with Crippen molar-refractivity contribution in [2.45, 2.75) is 71.1 Å². The van der Waals surface area contributed by atoms with Crippen molar-refractivity contribution in [1.29, 1.82) is 0 Å². The van der Waals surface area contributed by atoms with E-state index in [1.807, 2.05) is 0 Å². The van der Waals surface area contributed by atoms with Crippen molar-refractivity contribution in [2.75, 3.05) is 13.2 Å². The van der Waals surface area contributed by atoms with Crippen LogP contribution in [0.15, 0.2) is 0 Å².